The second-order valence-electron chi connectivity index (χ2n) is 5.06. The van der Waals surface area contributed by atoms with E-state index < -0.39 is 0 Å². The number of hydrogen-bond donors (Lipinski definition) is 1. The SMILES string of the molecule is Cc1cc(C)cc(N2CC(C)OC(CN)C2)c1. The molecule has 0 bridgehead atoms. The highest BCUT2D eigenvalue weighted by molar-refractivity contribution is 5.51. The molecular weight excluding hydrogens is 212 g/mol. The molecule has 2 N–H and O–H groups in total. The number of rotatable bonds is 2. The molecule has 17 heavy (non-hydrogen) atoms. The number of anilines is 1. The summed E-state index contributed by atoms with van der Waals surface area (Å²) in [6.45, 7) is 8.81. The molecule has 1 saturated heterocycles. The molecule has 1 aliphatic rings. The Bertz CT molecular complexity index is 372. The van der Waals surface area contributed by atoms with Gasteiger partial charge in [-0.3, -0.25) is 0 Å². The quantitative estimate of drug-likeness (QED) is 0.849. The molecular formula is C14H22N2O. The van der Waals surface area contributed by atoms with Gasteiger partial charge in [0.1, 0.15) is 0 Å². The van der Waals surface area contributed by atoms with E-state index in [1.54, 1.807) is 0 Å². The monoisotopic (exact) mass is 234 g/mol. The fraction of sp³-hybridized carbons (Fsp3) is 0.571. The fourth-order valence-electron chi connectivity index (χ4n) is 2.52. The fourth-order valence-corrected chi connectivity index (χ4v) is 2.52. The van der Waals surface area contributed by atoms with Gasteiger partial charge in [0.15, 0.2) is 0 Å². The molecule has 0 aliphatic carbocycles. The van der Waals surface area contributed by atoms with Crippen molar-refractivity contribution in [1.29, 1.82) is 0 Å². The molecule has 1 heterocycles. The number of benzene rings is 1. The summed E-state index contributed by atoms with van der Waals surface area (Å²) in [5, 5.41) is 0. The summed E-state index contributed by atoms with van der Waals surface area (Å²) in [6, 6.07) is 6.67. The molecule has 0 aromatic heterocycles. The number of ether oxygens (including phenoxy) is 1. The Morgan fingerprint density at radius 2 is 1.88 bits per heavy atom. The van der Waals surface area contributed by atoms with Crippen LogP contribution in [0.3, 0.4) is 0 Å². The standard InChI is InChI=1S/C14H22N2O/c1-10-4-11(2)6-13(5-10)16-8-12(3)17-14(7-15)9-16/h4-6,12,14H,7-9,15H2,1-3H3. The highest BCUT2D eigenvalue weighted by Gasteiger charge is 2.24. The first kappa shape index (κ1) is 12.4. The van der Waals surface area contributed by atoms with Crippen LogP contribution in [-0.4, -0.2) is 31.8 Å². The maximum absolute atomic E-state index is 5.78. The average molecular weight is 234 g/mol. The van der Waals surface area contributed by atoms with Crippen LogP contribution in [0.4, 0.5) is 5.69 Å². The van der Waals surface area contributed by atoms with E-state index in [0.29, 0.717) is 6.54 Å². The first-order valence-electron chi connectivity index (χ1n) is 6.27. The van der Waals surface area contributed by atoms with Crippen molar-refractivity contribution in [1.82, 2.24) is 0 Å². The zero-order valence-corrected chi connectivity index (χ0v) is 10.9. The molecule has 0 spiro atoms. The normalized spacial score (nSPS) is 25.1. The van der Waals surface area contributed by atoms with Gasteiger partial charge in [-0.15, -0.1) is 0 Å². The highest BCUT2D eigenvalue weighted by atomic mass is 16.5. The van der Waals surface area contributed by atoms with Crippen LogP contribution in [0, 0.1) is 13.8 Å². The number of aryl methyl sites for hydroxylation is 2. The first-order chi connectivity index (χ1) is 8.08. The van der Waals surface area contributed by atoms with Crippen molar-refractivity contribution in [2.45, 2.75) is 33.0 Å². The van der Waals surface area contributed by atoms with Crippen molar-refractivity contribution in [3.8, 4) is 0 Å². The minimum atomic E-state index is 0.152. The predicted molar refractivity (Wildman–Crippen MR) is 71.5 cm³/mol. The van der Waals surface area contributed by atoms with Crippen molar-refractivity contribution >= 4 is 5.69 Å². The van der Waals surface area contributed by atoms with Crippen LogP contribution in [0.1, 0.15) is 18.1 Å². The number of nitrogens with zero attached hydrogens (tertiary/aromatic N) is 1. The van der Waals surface area contributed by atoms with E-state index >= 15 is 0 Å². The number of hydrogen-bond acceptors (Lipinski definition) is 3. The smallest absolute Gasteiger partial charge is 0.0876 e. The van der Waals surface area contributed by atoms with Gasteiger partial charge >= 0.3 is 0 Å². The van der Waals surface area contributed by atoms with Gasteiger partial charge in [-0.05, 0) is 44.0 Å². The Morgan fingerprint density at radius 1 is 1.24 bits per heavy atom. The van der Waals surface area contributed by atoms with E-state index in [0.717, 1.165) is 13.1 Å². The molecule has 3 nitrogen and oxygen atoms in total. The van der Waals surface area contributed by atoms with E-state index in [-0.39, 0.29) is 12.2 Å². The molecule has 1 fully saturated rings. The van der Waals surface area contributed by atoms with Gasteiger partial charge in [0.2, 0.25) is 0 Å². The summed E-state index contributed by atoms with van der Waals surface area (Å²) in [5.41, 5.74) is 9.62. The minimum Gasteiger partial charge on any atom is -0.370 e. The summed E-state index contributed by atoms with van der Waals surface area (Å²) >= 11 is 0. The Balaban J connectivity index is 2.20. The van der Waals surface area contributed by atoms with Gasteiger partial charge in [-0.25, -0.2) is 0 Å². The summed E-state index contributed by atoms with van der Waals surface area (Å²) < 4.78 is 5.78. The summed E-state index contributed by atoms with van der Waals surface area (Å²) in [5.74, 6) is 0. The zero-order valence-electron chi connectivity index (χ0n) is 10.9. The van der Waals surface area contributed by atoms with E-state index in [9.17, 15) is 0 Å². The van der Waals surface area contributed by atoms with Crippen molar-refractivity contribution in [2.75, 3.05) is 24.5 Å². The van der Waals surface area contributed by atoms with E-state index in [4.69, 9.17) is 10.5 Å². The van der Waals surface area contributed by atoms with Crippen molar-refractivity contribution in [3.05, 3.63) is 29.3 Å². The van der Waals surface area contributed by atoms with E-state index in [1.807, 2.05) is 0 Å². The molecule has 3 heteroatoms. The second-order valence-corrected chi connectivity index (χ2v) is 5.06. The van der Waals surface area contributed by atoms with Gasteiger partial charge in [0, 0.05) is 25.3 Å². The number of morpholine rings is 1. The molecule has 2 unspecified atom stereocenters. The van der Waals surface area contributed by atoms with Crippen LogP contribution in [0.15, 0.2) is 18.2 Å². The highest BCUT2D eigenvalue weighted by Crippen LogP contribution is 2.22. The summed E-state index contributed by atoms with van der Waals surface area (Å²) in [4.78, 5) is 2.38. The lowest BCUT2D eigenvalue weighted by atomic mass is 10.1. The van der Waals surface area contributed by atoms with E-state index in [2.05, 4.69) is 43.9 Å². The number of nitrogens with two attached hydrogens (primary N) is 1. The van der Waals surface area contributed by atoms with Crippen molar-refractivity contribution in [2.24, 2.45) is 5.73 Å². The summed E-state index contributed by atoms with van der Waals surface area (Å²) in [6.07, 6.45) is 0.401. The van der Waals surface area contributed by atoms with Crippen molar-refractivity contribution < 1.29 is 4.74 Å². The zero-order chi connectivity index (χ0) is 12.4. The van der Waals surface area contributed by atoms with Crippen molar-refractivity contribution in [3.63, 3.8) is 0 Å². The molecule has 1 aromatic carbocycles. The molecule has 1 aromatic rings. The lowest BCUT2D eigenvalue weighted by Crippen LogP contribution is -2.49. The Morgan fingerprint density at radius 3 is 2.47 bits per heavy atom. The maximum atomic E-state index is 5.78. The molecule has 94 valence electrons. The van der Waals surface area contributed by atoms with Crippen LogP contribution in [0.2, 0.25) is 0 Å². The van der Waals surface area contributed by atoms with Gasteiger partial charge < -0.3 is 15.4 Å². The molecule has 0 amide bonds. The third kappa shape index (κ3) is 2.99. The molecule has 2 atom stereocenters. The predicted octanol–water partition coefficient (Wildman–Crippen LogP) is 1.86. The molecule has 0 saturated carbocycles. The topological polar surface area (TPSA) is 38.5 Å². The van der Waals surface area contributed by atoms with Crippen LogP contribution in [-0.2, 0) is 4.74 Å². The third-order valence-corrected chi connectivity index (χ3v) is 3.16. The van der Waals surface area contributed by atoms with Gasteiger partial charge in [0.25, 0.3) is 0 Å². The lowest BCUT2D eigenvalue weighted by molar-refractivity contribution is -0.0104. The lowest BCUT2D eigenvalue weighted by Gasteiger charge is -2.38. The Hall–Kier alpha value is -1.06. The molecule has 2 rings (SSSR count). The minimum absolute atomic E-state index is 0.152. The van der Waals surface area contributed by atoms with Gasteiger partial charge in [-0.2, -0.15) is 0 Å². The largest absolute Gasteiger partial charge is 0.370 e. The van der Waals surface area contributed by atoms with Crippen LogP contribution < -0.4 is 10.6 Å². The van der Waals surface area contributed by atoms with Gasteiger partial charge in [0.05, 0.1) is 12.2 Å². The Kier molecular flexibility index (Phi) is 3.69. The maximum Gasteiger partial charge on any atom is 0.0876 e. The van der Waals surface area contributed by atoms with Crippen LogP contribution in [0.25, 0.3) is 0 Å². The second kappa shape index (κ2) is 5.07. The molecule has 0 radical (unpaired) electrons. The van der Waals surface area contributed by atoms with E-state index in [1.165, 1.54) is 16.8 Å². The average Bonchev–Trinajstić information content (AvgIpc) is 2.26. The summed E-state index contributed by atoms with van der Waals surface area (Å²) in [7, 11) is 0. The third-order valence-electron chi connectivity index (χ3n) is 3.16. The van der Waals surface area contributed by atoms with Crippen LogP contribution in [0.5, 0.6) is 0 Å². The Labute approximate surface area is 104 Å². The van der Waals surface area contributed by atoms with Gasteiger partial charge in [-0.1, -0.05) is 6.07 Å². The van der Waals surface area contributed by atoms with Crippen LogP contribution >= 0.6 is 0 Å². The molecule has 1 aliphatic heterocycles. The first-order valence-corrected chi connectivity index (χ1v) is 6.27.